The summed E-state index contributed by atoms with van der Waals surface area (Å²) in [5, 5.41) is 4.93. The summed E-state index contributed by atoms with van der Waals surface area (Å²) in [7, 11) is 0. The van der Waals surface area contributed by atoms with Crippen molar-refractivity contribution in [2.45, 2.75) is 45.4 Å². The summed E-state index contributed by atoms with van der Waals surface area (Å²) < 4.78 is 17.2. The first kappa shape index (κ1) is 18.6. The van der Waals surface area contributed by atoms with Crippen molar-refractivity contribution in [2.75, 3.05) is 6.61 Å². The first-order chi connectivity index (χ1) is 12.5. The molecule has 1 aromatic carbocycles. The second-order valence-electron chi connectivity index (χ2n) is 6.42. The number of aryl methyl sites for hydroxylation is 1. The molecule has 0 saturated carbocycles. The fourth-order valence-corrected chi connectivity index (χ4v) is 2.90. The highest BCUT2D eigenvalue weighted by Gasteiger charge is 2.11. The van der Waals surface area contributed by atoms with Gasteiger partial charge in [0, 0.05) is 35.0 Å². The van der Waals surface area contributed by atoms with Crippen molar-refractivity contribution in [3.8, 4) is 0 Å². The lowest BCUT2D eigenvalue weighted by Gasteiger charge is -2.02. The zero-order valence-electron chi connectivity index (χ0n) is 14.8. The maximum Gasteiger partial charge on any atom is 0.305 e. The normalized spacial score (nSPS) is 11.4. The van der Waals surface area contributed by atoms with Crippen molar-refractivity contribution < 1.29 is 18.5 Å². The van der Waals surface area contributed by atoms with Gasteiger partial charge in [-0.15, -0.1) is 0 Å². The van der Waals surface area contributed by atoms with E-state index in [1.807, 2.05) is 38.1 Å². The van der Waals surface area contributed by atoms with Gasteiger partial charge in [-0.25, -0.2) is 0 Å². The van der Waals surface area contributed by atoms with Crippen LogP contribution in [-0.2, 0) is 22.4 Å². The van der Waals surface area contributed by atoms with Crippen molar-refractivity contribution >= 4 is 32.9 Å². The Kier molecular flexibility index (Phi) is 6.08. The van der Waals surface area contributed by atoms with Gasteiger partial charge in [0.1, 0.15) is 11.3 Å². The monoisotopic (exact) mass is 420 g/mol. The molecule has 138 valence electrons. The number of aromatic nitrogens is 2. The van der Waals surface area contributed by atoms with E-state index in [1.165, 1.54) is 0 Å². The van der Waals surface area contributed by atoms with Crippen LogP contribution < -0.4 is 0 Å². The van der Waals surface area contributed by atoms with Gasteiger partial charge in [0.2, 0.25) is 5.89 Å². The molecular weight excluding hydrogens is 400 g/mol. The standard InChI is InChI=1S/C19H21BrN2O4/c1-12(2)19-21-17(26-22-19)4-3-5-18(23)24-9-8-15-11-13-10-14(20)6-7-16(13)25-15/h6-7,10-12H,3-5,8-9H2,1-2H3. The number of hydrogen-bond donors (Lipinski definition) is 0. The van der Waals surface area contributed by atoms with Gasteiger partial charge in [0.05, 0.1) is 6.61 Å². The molecule has 0 unspecified atom stereocenters. The van der Waals surface area contributed by atoms with Crippen LogP contribution >= 0.6 is 15.9 Å². The average Bonchev–Trinajstić information content (AvgIpc) is 3.21. The van der Waals surface area contributed by atoms with Crippen LogP contribution in [0.15, 0.2) is 37.7 Å². The predicted molar refractivity (Wildman–Crippen MR) is 99.9 cm³/mol. The Hall–Kier alpha value is -2.15. The maximum absolute atomic E-state index is 11.8. The molecule has 0 saturated heterocycles. The van der Waals surface area contributed by atoms with E-state index in [1.54, 1.807) is 0 Å². The third kappa shape index (κ3) is 4.94. The molecule has 0 radical (unpaired) electrons. The van der Waals surface area contributed by atoms with Crippen LogP contribution in [0.4, 0.5) is 0 Å². The number of rotatable bonds is 8. The molecule has 3 aromatic rings. The number of nitrogens with zero attached hydrogens (tertiary/aromatic N) is 2. The van der Waals surface area contributed by atoms with Crippen LogP contribution in [0.3, 0.4) is 0 Å². The Bertz CT molecular complexity index is 885. The SMILES string of the molecule is CC(C)c1noc(CCCC(=O)OCCc2cc3cc(Br)ccc3o2)n1. The van der Waals surface area contributed by atoms with E-state index in [4.69, 9.17) is 13.7 Å². The van der Waals surface area contributed by atoms with Gasteiger partial charge in [0.15, 0.2) is 5.82 Å². The molecule has 6 nitrogen and oxygen atoms in total. The van der Waals surface area contributed by atoms with Gasteiger partial charge in [0.25, 0.3) is 0 Å². The van der Waals surface area contributed by atoms with Crippen LogP contribution in [0.25, 0.3) is 11.0 Å². The van der Waals surface area contributed by atoms with Crippen LogP contribution in [-0.4, -0.2) is 22.7 Å². The smallest absolute Gasteiger partial charge is 0.305 e. The van der Waals surface area contributed by atoms with Gasteiger partial charge in [-0.1, -0.05) is 34.9 Å². The summed E-state index contributed by atoms with van der Waals surface area (Å²) in [4.78, 5) is 16.1. The fraction of sp³-hybridized carbons (Fsp3) is 0.421. The lowest BCUT2D eigenvalue weighted by molar-refractivity contribution is -0.143. The van der Waals surface area contributed by atoms with Gasteiger partial charge < -0.3 is 13.7 Å². The Morgan fingerprint density at radius 1 is 1.27 bits per heavy atom. The number of carbonyl (C=O) groups is 1. The second kappa shape index (κ2) is 8.49. The minimum Gasteiger partial charge on any atom is -0.465 e. The van der Waals surface area contributed by atoms with Crippen LogP contribution in [0.2, 0.25) is 0 Å². The summed E-state index contributed by atoms with van der Waals surface area (Å²) in [5.41, 5.74) is 0.829. The largest absolute Gasteiger partial charge is 0.465 e. The molecule has 0 spiro atoms. The minimum absolute atomic E-state index is 0.229. The maximum atomic E-state index is 11.8. The highest BCUT2D eigenvalue weighted by molar-refractivity contribution is 9.10. The second-order valence-corrected chi connectivity index (χ2v) is 7.34. The Labute approximate surface area is 160 Å². The molecule has 0 aliphatic rings. The molecule has 0 fully saturated rings. The van der Waals surface area contributed by atoms with E-state index >= 15 is 0 Å². The number of benzene rings is 1. The van der Waals surface area contributed by atoms with Crippen molar-refractivity contribution in [3.05, 3.63) is 46.2 Å². The fourth-order valence-electron chi connectivity index (χ4n) is 2.52. The van der Waals surface area contributed by atoms with Gasteiger partial charge in [-0.05, 0) is 30.7 Å². The zero-order valence-corrected chi connectivity index (χ0v) is 16.4. The Morgan fingerprint density at radius 2 is 2.12 bits per heavy atom. The average molecular weight is 421 g/mol. The van der Waals surface area contributed by atoms with E-state index in [-0.39, 0.29) is 11.9 Å². The molecule has 0 aliphatic heterocycles. The number of furan rings is 1. The van der Waals surface area contributed by atoms with Crippen LogP contribution in [0, 0.1) is 0 Å². The highest BCUT2D eigenvalue weighted by Crippen LogP contribution is 2.23. The number of carbonyl (C=O) groups excluding carboxylic acids is 1. The number of fused-ring (bicyclic) bond motifs is 1. The van der Waals surface area contributed by atoms with Crippen molar-refractivity contribution in [1.82, 2.24) is 10.1 Å². The molecule has 0 aliphatic carbocycles. The Morgan fingerprint density at radius 3 is 2.88 bits per heavy atom. The van der Waals surface area contributed by atoms with Crippen molar-refractivity contribution in [3.63, 3.8) is 0 Å². The first-order valence-electron chi connectivity index (χ1n) is 8.67. The quantitative estimate of drug-likeness (QED) is 0.486. The van der Waals surface area contributed by atoms with Crippen LogP contribution in [0.1, 0.15) is 50.1 Å². The van der Waals surface area contributed by atoms with Crippen molar-refractivity contribution in [1.29, 1.82) is 0 Å². The number of esters is 1. The van der Waals surface area contributed by atoms with E-state index in [2.05, 4.69) is 26.1 Å². The molecular formula is C19H21BrN2O4. The number of hydrogen-bond acceptors (Lipinski definition) is 6. The lowest BCUT2D eigenvalue weighted by Crippen LogP contribution is -2.07. The van der Waals surface area contributed by atoms with E-state index in [0.717, 1.165) is 21.2 Å². The molecule has 7 heteroatoms. The molecule has 3 rings (SSSR count). The molecule has 2 heterocycles. The summed E-state index contributed by atoms with van der Waals surface area (Å²) in [6.45, 7) is 4.32. The zero-order chi connectivity index (χ0) is 18.5. The van der Waals surface area contributed by atoms with E-state index in [9.17, 15) is 4.79 Å². The van der Waals surface area contributed by atoms with E-state index < -0.39 is 0 Å². The lowest BCUT2D eigenvalue weighted by atomic mass is 10.2. The third-order valence-electron chi connectivity index (χ3n) is 3.91. The van der Waals surface area contributed by atoms with Gasteiger partial charge >= 0.3 is 5.97 Å². The highest BCUT2D eigenvalue weighted by atomic mass is 79.9. The van der Waals surface area contributed by atoms with Gasteiger partial charge in [-0.2, -0.15) is 4.98 Å². The molecule has 0 atom stereocenters. The number of ether oxygens (including phenoxy) is 1. The molecule has 0 amide bonds. The third-order valence-corrected chi connectivity index (χ3v) is 4.41. The molecule has 26 heavy (non-hydrogen) atoms. The van der Waals surface area contributed by atoms with Crippen LogP contribution in [0.5, 0.6) is 0 Å². The molecule has 0 bridgehead atoms. The first-order valence-corrected chi connectivity index (χ1v) is 9.46. The molecule has 2 aromatic heterocycles. The topological polar surface area (TPSA) is 78.4 Å². The summed E-state index contributed by atoms with van der Waals surface area (Å²) >= 11 is 3.44. The summed E-state index contributed by atoms with van der Waals surface area (Å²) in [5.74, 6) is 2.07. The van der Waals surface area contributed by atoms with Gasteiger partial charge in [-0.3, -0.25) is 4.79 Å². The minimum atomic E-state index is -0.229. The van der Waals surface area contributed by atoms with E-state index in [0.29, 0.717) is 44.0 Å². The Balaban J connectivity index is 1.38. The number of halogens is 1. The molecule has 0 N–H and O–H groups in total. The van der Waals surface area contributed by atoms with Crippen molar-refractivity contribution in [2.24, 2.45) is 0 Å². The summed E-state index contributed by atoms with van der Waals surface area (Å²) in [6.07, 6.45) is 2.08. The predicted octanol–water partition coefficient (Wildman–Crippen LogP) is 4.81. The summed E-state index contributed by atoms with van der Waals surface area (Å²) in [6, 6.07) is 7.81.